The number of rotatable bonds is 2. The van der Waals surface area contributed by atoms with Gasteiger partial charge in [-0.25, -0.2) is 0 Å². The van der Waals surface area contributed by atoms with E-state index in [4.69, 9.17) is 4.74 Å². The Morgan fingerprint density at radius 3 is 2.07 bits per heavy atom. The molecule has 4 atom stereocenters. The number of fused-ring (bicyclic) bond motifs is 7. The number of hydrogen-bond acceptors (Lipinski definition) is 3. The first-order valence-electron chi connectivity index (χ1n) is 9.58. The van der Waals surface area contributed by atoms with Crippen LogP contribution in [0.4, 0.5) is 0 Å². The van der Waals surface area contributed by atoms with Gasteiger partial charge in [0.15, 0.2) is 11.6 Å². The first kappa shape index (κ1) is 15.2. The Morgan fingerprint density at radius 2 is 1.41 bits per heavy atom. The largest absolute Gasteiger partial charge is 0.493 e. The third kappa shape index (κ3) is 1.68. The predicted octanol–water partition coefficient (Wildman–Crippen LogP) is 4.74. The van der Waals surface area contributed by atoms with Crippen molar-refractivity contribution in [1.29, 1.82) is 0 Å². The van der Waals surface area contributed by atoms with Gasteiger partial charge in [-0.3, -0.25) is 9.59 Å². The summed E-state index contributed by atoms with van der Waals surface area (Å²) in [4.78, 5) is 26.9. The van der Waals surface area contributed by atoms with E-state index in [-0.39, 0.29) is 35.2 Å². The quantitative estimate of drug-likeness (QED) is 0.667. The van der Waals surface area contributed by atoms with Gasteiger partial charge >= 0.3 is 0 Å². The third-order valence-electron chi connectivity index (χ3n) is 6.68. The fraction of sp³-hybridized carbons (Fsp3) is 0.250. The topological polar surface area (TPSA) is 43.4 Å². The van der Waals surface area contributed by atoms with Gasteiger partial charge in [-0.2, -0.15) is 0 Å². The van der Waals surface area contributed by atoms with Crippen LogP contribution in [0.2, 0.25) is 0 Å². The van der Waals surface area contributed by atoms with Crippen molar-refractivity contribution in [2.75, 3.05) is 6.61 Å². The minimum Gasteiger partial charge on any atom is -0.493 e. The van der Waals surface area contributed by atoms with Crippen molar-refractivity contribution < 1.29 is 14.3 Å². The van der Waals surface area contributed by atoms with Crippen LogP contribution < -0.4 is 4.74 Å². The van der Waals surface area contributed by atoms with Gasteiger partial charge in [0, 0.05) is 29.2 Å². The van der Waals surface area contributed by atoms with E-state index in [0.29, 0.717) is 23.5 Å². The fourth-order valence-electron chi connectivity index (χ4n) is 5.74. The number of ketones is 2. The Kier molecular flexibility index (Phi) is 2.84. The van der Waals surface area contributed by atoms with Crippen LogP contribution >= 0.6 is 0 Å². The molecule has 0 N–H and O–H groups in total. The molecule has 132 valence electrons. The van der Waals surface area contributed by atoms with Crippen LogP contribution in [0.3, 0.4) is 0 Å². The molecule has 3 heteroatoms. The van der Waals surface area contributed by atoms with E-state index < -0.39 is 0 Å². The van der Waals surface area contributed by atoms with Gasteiger partial charge < -0.3 is 4.74 Å². The highest BCUT2D eigenvalue weighted by Crippen LogP contribution is 2.67. The van der Waals surface area contributed by atoms with Gasteiger partial charge in [-0.15, -0.1) is 0 Å². The molecular weight excluding hydrogens is 336 g/mol. The second kappa shape index (κ2) is 5.07. The lowest BCUT2D eigenvalue weighted by molar-refractivity contribution is 0.0436. The molecule has 0 bridgehead atoms. The van der Waals surface area contributed by atoms with Crippen molar-refractivity contribution in [2.45, 2.75) is 18.8 Å². The van der Waals surface area contributed by atoms with E-state index in [2.05, 4.69) is 36.4 Å². The van der Waals surface area contributed by atoms with Crippen molar-refractivity contribution in [3.05, 3.63) is 76.9 Å². The molecule has 0 radical (unpaired) electrons. The summed E-state index contributed by atoms with van der Waals surface area (Å²) in [6.07, 6.45) is 0. The summed E-state index contributed by atoms with van der Waals surface area (Å²) in [5.41, 5.74) is 3.49. The maximum Gasteiger partial charge on any atom is 0.171 e. The SMILES string of the molecule is CCOc1cccc2c1C(=O)[C@@H]1[C@H](C2=O)[C@@H]2c3cccc4cccc(c34)[C@H]12. The third-order valence-corrected chi connectivity index (χ3v) is 6.68. The molecule has 1 fully saturated rings. The van der Waals surface area contributed by atoms with Crippen molar-refractivity contribution in [3.63, 3.8) is 0 Å². The lowest BCUT2D eigenvalue weighted by atomic mass is 9.49. The number of hydrogen-bond donors (Lipinski definition) is 0. The molecular formula is C24H18O3. The molecule has 0 amide bonds. The van der Waals surface area contributed by atoms with Crippen LogP contribution in [0.25, 0.3) is 10.8 Å². The minimum absolute atomic E-state index is 0.0738. The van der Waals surface area contributed by atoms with Crippen molar-refractivity contribution in [3.8, 4) is 5.75 Å². The fourth-order valence-corrected chi connectivity index (χ4v) is 5.74. The predicted molar refractivity (Wildman–Crippen MR) is 103 cm³/mol. The average Bonchev–Trinajstić information content (AvgIpc) is 2.92. The molecule has 0 saturated heterocycles. The Labute approximate surface area is 157 Å². The number of carbonyl (C=O) groups is 2. The van der Waals surface area contributed by atoms with Crippen molar-refractivity contribution in [2.24, 2.45) is 11.8 Å². The maximum absolute atomic E-state index is 13.5. The molecule has 0 aromatic heterocycles. The highest BCUT2D eigenvalue weighted by Gasteiger charge is 2.63. The van der Waals surface area contributed by atoms with E-state index in [1.807, 2.05) is 13.0 Å². The van der Waals surface area contributed by atoms with E-state index in [1.165, 1.54) is 21.9 Å². The van der Waals surface area contributed by atoms with Gasteiger partial charge in [-0.1, -0.05) is 48.5 Å². The zero-order valence-electron chi connectivity index (χ0n) is 14.9. The van der Waals surface area contributed by atoms with Crippen LogP contribution in [0.5, 0.6) is 5.75 Å². The molecule has 6 rings (SSSR count). The molecule has 0 spiro atoms. The summed E-state index contributed by atoms with van der Waals surface area (Å²) in [6.45, 7) is 2.37. The minimum atomic E-state index is -0.269. The Bertz CT molecular complexity index is 1150. The lowest BCUT2D eigenvalue weighted by Gasteiger charge is -2.50. The number of Topliss-reactive ketones (excluding diaryl/α,β-unsaturated/α-hetero) is 2. The summed E-state index contributed by atoms with van der Waals surface area (Å²) >= 11 is 0. The average molecular weight is 354 g/mol. The Balaban J connectivity index is 1.57. The van der Waals surface area contributed by atoms with Crippen molar-refractivity contribution >= 4 is 22.3 Å². The summed E-state index contributed by atoms with van der Waals surface area (Å²) in [7, 11) is 0. The highest BCUT2D eigenvalue weighted by atomic mass is 16.5. The Hall–Kier alpha value is -2.94. The van der Waals surface area contributed by atoms with Crippen LogP contribution in [-0.2, 0) is 0 Å². The van der Waals surface area contributed by atoms with E-state index >= 15 is 0 Å². The molecule has 3 aliphatic rings. The van der Waals surface area contributed by atoms with E-state index in [0.717, 1.165) is 0 Å². The van der Waals surface area contributed by atoms with Gasteiger partial charge in [0.2, 0.25) is 0 Å². The van der Waals surface area contributed by atoms with Gasteiger partial charge in [-0.05, 0) is 34.9 Å². The summed E-state index contributed by atoms with van der Waals surface area (Å²) < 4.78 is 5.69. The smallest absolute Gasteiger partial charge is 0.171 e. The summed E-state index contributed by atoms with van der Waals surface area (Å²) in [6, 6.07) is 18.0. The normalized spacial score (nSPS) is 27.0. The maximum atomic E-state index is 13.5. The van der Waals surface area contributed by atoms with E-state index in [9.17, 15) is 9.59 Å². The van der Waals surface area contributed by atoms with Crippen molar-refractivity contribution in [1.82, 2.24) is 0 Å². The lowest BCUT2D eigenvalue weighted by Crippen LogP contribution is -2.52. The first-order chi connectivity index (χ1) is 13.2. The zero-order chi connectivity index (χ0) is 18.3. The van der Waals surface area contributed by atoms with Gasteiger partial charge in [0.1, 0.15) is 5.75 Å². The molecule has 3 aliphatic carbocycles. The molecule has 0 aliphatic heterocycles. The summed E-state index contributed by atoms with van der Waals surface area (Å²) in [5.74, 6) is 0.433. The standard InChI is InChI=1S/C24H18O3/c1-2-27-16-11-5-10-15-18(16)24(26)22-20-14-9-4-7-12-6-3-8-13(17(12)14)19(20)21(22)23(15)25/h3-11,19-22H,2H2,1H3/t19-,20+,21-,22+/m1/s1. The van der Waals surface area contributed by atoms with Crippen LogP contribution in [0, 0.1) is 11.8 Å². The molecule has 1 saturated carbocycles. The number of carbonyl (C=O) groups excluding carboxylic acids is 2. The van der Waals surface area contributed by atoms with Crippen LogP contribution in [-0.4, -0.2) is 18.2 Å². The first-order valence-corrected chi connectivity index (χ1v) is 9.58. The van der Waals surface area contributed by atoms with Gasteiger partial charge in [0.05, 0.1) is 12.2 Å². The van der Waals surface area contributed by atoms with Crippen LogP contribution in [0.15, 0.2) is 54.6 Å². The Morgan fingerprint density at radius 1 is 0.778 bits per heavy atom. The molecule has 0 heterocycles. The molecule has 3 aromatic rings. The zero-order valence-corrected chi connectivity index (χ0v) is 14.9. The number of benzene rings is 3. The molecule has 27 heavy (non-hydrogen) atoms. The number of ether oxygens (including phenoxy) is 1. The highest BCUT2D eigenvalue weighted by molar-refractivity contribution is 6.20. The van der Waals surface area contributed by atoms with Crippen LogP contribution in [0.1, 0.15) is 50.6 Å². The van der Waals surface area contributed by atoms with Gasteiger partial charge in [0.25, 0.3) is 0 Å². The van der Waals surface area contributed by atoms with E-state index in [1.54, 1.807) is 12.1 Å². The molecule has 3 aromatic carbocycles. The second-order valence-corrected chi connectivity index (χ2v) is 7.74. The second-order valence-electron chi connectivity index (χ2n) is 7.74. The molecule has 3 nitrogen and oxygen atoms in total. The molecule has 0 unspecified atom stereocenters. The summed E-state index contributed by atoms with van der Waals surface area (Å²) in [5, 5.41) is 2.45. The monoisotopic (exact) mass is 354 g/mol.